The van der Waals surface area contributed by atoms with E-state index < -0.39 is 27.2 Å². The van der Waals surface area contributed by atoms with Crippen LogP contribution in [0, 0.1) is 0 Å². The second-order valence-corrected chi connectivity index (χ2v) is 4.60. The molecule has 0 spiro atoms. The van der Waals surface area contributed by atoms with Crippen molar-refractivity contribution in [3.63, 3.8) is 0 Å². The molecule has 0 fully saturated rings. The maximum absolute atomic E-state index is 9.49. The van der Waals surface area contributed by atoms with Crippen molar-refractivity contribution in [2.45, 2.75) is 0 Å². The van der Waals surface area contributed by atoms with Crippen LogP contribution in [0.25, 0.3) is 0 Å². The molecule has 0 aromatic heterocycles. The molecule has 80 valence electrons. The van der Waals surface area contributed by atoms with E-state index in [-0.39, 0.29) is 58.9 Å². The Morgan fingerprint density at radius 3 is 1.23 bits per heavy atom. The minimum atomic E-state index is -6.01. The average molecular weight is 371 g/mol. The Kier molecular flexibility index (Phi) is 23.1. The van der Waals surface area contributed by atoms with Gasteiger partial charge in [0.05, 0.1) is 0 Å². The zero-order chi connectivity index (χ0) is 7.71. The van der Waals surface area contributed by atoms with Crippen LogP contribution >= 0.6 is 0 Å². The Labute approximate surface area is 111 Å². The zero-order valence-electron chi connectivity index (χ0n) is 5.35. The summed E-state index contributed by atoms with van der Waals surface area (Å²) >= 11 is -11.8. The average Bonchev–Trinajstić information content (AvgIpc) is 1.14. The predicted octanol–water partition coefficient (Wildman–Crippen LogP) is -11.3. The molecule has 0 unspecified atom stereocenters. The molecule has 0 atom stereocenters. The van der Waals surface area contributed by atoms with E-state index in [9.17, 15) is 19.4 Å². The molecule has 13 heavy (non-hydrogen) atoms. The first-order valence-electron chi connectivity index (χ1n) is 1.35. The fraction of sp³-hybridized carbons (Fsp3) is 0. The van der Waals surface area contributed by atoms with Crippen LogP contribution < -0.4 is 41.4 Å². The predicted molar refractivity (Wildman–Crippen MR) is 6.05 cm³/mol. The molecule has 0 saturated carbocycles. The van der Waals surface area contributed by atoms with Crippen LogP contribution in [0.1, 0.15) is 0 Å². The van der Waals surface area contributed by atoms with Gasteiger partial charge in [0.15, 0.2) is 0 Å². The molecule has 0 bridgehead atoms. The summed E-state index contributed by atoms with van der Waals surface area (Å²) in [4.78, 5) is 0. The molecule has 0 saturated heterocycles. The van der Waals surface area contributed by atoms with Crippen molar-refractivity contribution in [1.29, 1.82) is 0 Å². The first-order valence-corrected chi connectivity index (χ1v) is 5.56. The van der Waals surface area contributed by atoms with Gasteiger partial charge in [0.25, 0.3) is 0 Å². The van der Waals surface area contributed by atoms with Crippen LogP contribution in [0.4, 0.5) is 0 Å². The number of halogens is 3. The van der Waals surface area contributed by atoms with Gasteiger partial charge in [-0.2, -0.15) is 0 Å². The quantitative estimate of drug-likeness (QED) is 0.479. The fourth-order valence-corrected chi connectivity index (χ4v) is 1.79. The molecule has 0 aliphatic rings. The molecule has 13 heteroatoms. The largest absolute Gasteiger partial charge is 4.00 e. The van der Waals surface area contributed by atoms with E-state index in [4.69, 9.17) is 4.16 Å². The maximum Gasteiger partial charge on any atom is 4.00 e. The van der Waals surface area contributed by atoms with E-state index in [2.05, 4.69) is 2.84 Å². The van der Waals surface area contributed by atoms with E-state index in [1.54, 1.807) is 0 Å². The maximum atomic E-state index is 9.49. The summed E-state index contributed by atoms with van der Waals surface area (Å²) in [5, 5.41) is 0. The molecule has 0 aromatic rings. The Hall–Kier alpha value is 1.73. The van der Waals surface area contributed by atoms with Crippen molar-refractivity contribution in [3.8, 4) is 0 Å². The molecule has 0 heterocycles. The van der Waals surface area contributed by atoms with Gasteiger partial charge in [-0.05, 0) is 0 Å². The minimum absolute atomic E-state index is 0. The summed E-state index contributed by atoms with van der Waals surface area (Å²) in [6.45, 7) is 0. The molecular weight excluding hydrogens is 370 g/mol. The van der Waals surface area contributed by atoms with E-state index >= 15 is 0 Å². The monoisotopic (exact) mass is 370 g/mol. The topological polar surface area (TPSA) is 121 Å². The van der Waals surface area contributed by atoms with Crippen molar-refractivity contribution in [3.05, 3.63) is 0 Å². The van der Waals surface area contributed by atoms with Crippen molar-refractivity contribution < 1.29 is 113 Å². The molecule has 0 radical (unpaired) electrons. The molecule has 0 amide bonds. The summed E-state index contributed by atoms with van der Waals surface area (Å²) in [5.41, 5.74) is 0. The van der Waals surface area contributed by atoms with E-state index in [0.29, 0.717) is 0 Å². The second-order valence-electron chi connectivity index (χ2n) is 0.904. The standard InChI is InChI=1S/3ClH.2Cr.H2O.6O.Ti/h3*1H;;;1H2;;;;;;;/q;;;;+1;;;;;;;-1;+4/p-4. The Morgan fingerprint density at radius 1 is 1.00 bits per heavy atom. The van der Waals surface area contributed by atoms with Gasteiger partial charge in [-0.1, -0.05) is 0 Å². The molecule has 0 rings (SSSR count). The van der Waals surface area contributed by atoms with Crippen molar-refractivity contribution in [2.75, 3.05) is 0 Å². The van der Waals surface area contributed by atoms with Crippen molar-refractivity contribution >= 4 is 0 Å². The van der Waals surface area contributed by atoms with Gasteiger partial charge in [-0.15, -0.1) is 0 Å². The van der Waals surface area contributed by atoms with Gasteiger partial charge in [-0.25, -0.2) is 0 Å². The third-order valence-electron chi connectivity index (χ3n) is 0.169. The first-order chi connectivity index (χ1) is 3.71. The SMILES string of the molecule is [Cl-].[Cl-].[Cl-].[O]=[Cr](=[O])([O-])[O][Cr](=[O])(=[O])[OH].[Ti+4]. The van der Waals surface area contributed by atoms with Gasteiger partial charge in [0.2, 0.25) is 0 Å². The second kappa shape index (κ2) is 10.3. The van der Waals surface area contributed by atoms with E-state index in [1.165, 1.54) is 0 Å². The van der Waals surface area contributed by atoms with Gasteiger partial charge in [0, 0.05) is 0 Å². The molecule has 1 N–H and O–H groups in total. The Balaban J connectivity index is -0.0000000533. The molecule has 0 aliphatic heterocycles. The zero-order valence-corrected chi connectivity index (χ0v) is 11.7. The number of hydrogen-bond acceptors (Lipinski definition) is 6. The Morgan fingerprint density at radius 2 is 1.23 bits per heavy atom. The molecular formula is HCl3Cr2O7Ti. The van der Waals surface area contributed by atoms with Crippen LogP contribution in [-0.4, -0.2) is 4.16 Å². The van der Waals surface area contributed by atoms with Gasteiger partial charge < -0.3 is 37.2 Å². The normalized spacial score (nSPS) is 9.38. The van der Waals surface area contributed by atoms with Crippen LogP contribution in [0.3, 0.4) is 0 Å². The van der Waals surface area contributed by atoms with Gasteiger partial charge >= 0.3 is 75.3 Å². The van der Waals surface area contributed by atoms with E-state index in [0.717, 1.165) is 0 Å². The smallest absolute Gasteiger partial charge is 4.00 e. The van der Waals surface area contributed by atoms with Gasteiger partial charge in [0.1, 0.15) is 0 Å². The van der Waals surface area contributed by atoms with Crippen LogP contribution in [0.5, 0.6) is 0 Å². The first kappa shape index (κ1) is 29.3. The fourth-order valence-electron chi connectivity index (χ4n) is 0.105. The minimum Gasteiger partial charge on any atom is 4.00 e. The summed E-state index contributed by atoms with van der Waals surface area (Å²) in [6.07, 6.45) is 0. The van der Waals surface area contributed by atoms with E-state index in [1.807, 2.05) is 0 Å². The third-order valence-corrected chi connectivity index (χ3v) is 2.88. The number of hydrogen-bond donors (Lipinski definition) is 1. The summed E-state index contributed by atoms with van der Waals surface area (Å²) in [5.74, 6) is 0. The summed E-state index contributed by atoms with van der Waals surface area (Å²) in [7, 11) is 0. The van der Waals surface area contributed by atoms with Gasteiger partial charge in [-0.3, -0.25) is 0 Å². The number of rotatable bonds is 2. The third kappa shape index (κ3) is 31.6. The molecule has 0 aromatic carbocycles. The molecule has 7 nitrogen and oxygen atoms in total. The van der Waals surface area contributed by atoms with Crippen LogP contribution in [0.2, 0.25) is 0 Å². The Bertz CT molecular complexity index is 247. The summed E-state index contributed by atoms with van der Waals surface area (Å²) in [6, 6.07) is 0. The van der Waals surface area contributed by atoms with Crippen molar-refractivity contribution in [1.82, 2.24) is 0 Å². The van der Waals surface area contributed by atoms with Crippen molar-refractivity contribution in [2.24, 2.45) is 0 Å². The summed E-state index contributed by atoms with van der Waals surface area (Å²) < 4.78 is 57.6. The van der Waals surface area contributed by atoms with Crippen LogP contribution in [0.15, 0.2) is 0 Å². The van der Waals surface area contributed by atoms with Crippen LogP contribution in [-0.2, 0) is 67.0 Å². The molecule has 0 aliphatic carbocycles.